The average Bonchev–Trinajstić information content (AvgIpc) is 2.51. The molecule has 0 rings (SSSR count). The number of phosphoric ester groups is 2. The van der Waals surface area contributed by atoms with Crippen LogP contribution in [0.4, 0.5) is 0 Å². The van der Waals surface area contributed by atoms with Crippen LogP contribution in [0.3, 0.4) is 0 Å². The van der Waals surface area contributed by atoms with Crippen LogP contribution in [0, 0.1) is 23.7 Å². The van der Waals surface area contributed by atoms with Crippen molar-refractivity contribution in [2.75, 3.05) is 39.6 Å². The summed E-state index contributed by atoms with van der Waals surface area (Å²) >= 11 is 0. The molecule has 6 atom stereocenters. The van der Waals surface area contributed by atoms with Gasteiger partial charge in [-0.15, -0.1) is 0 Å². The van der Waals surface area contributed by atoms with Gasteiger partial charge in [-0.2, -0.15) is 0 Å². The van der Waals surface area contributed by atoms with Crippen LogP contribution in [0.1, 0.15) is 370 Å². The van der Waals surface area contributed by atoms with E-state index in [0.29, 0.717) is 25.7 Å². The van der Waals surface area contributed by atoms with Crippen LogP contribution < -0.4 is 0 Å². The van der Waals surface area contributed by atoms with Crippen molar-refractivity contribution in [3.05, 3.63) is 0 Å². The Morgan fingerprint density at radius 1 is 0.301 bits per heavy atom. The maximum absolute atomic E-state index is 13.0. The molecule has 19 heteroatoms. The molecule has 3 N–H and O–H groups in total. The fraction of sp³-hybridized carbons (Fsp3) is 0.946. The number of carbonyl (C=O) groups is 4. The lowest BCUT2D eigenvalue weighted by molar-refractivity contribution is -0.161. The van der Waals surface area contributed by atoms with Gasteiger partial charge in [0.1, 0.15) is 19.3 Å². The summed E-state index contributed by atoms with van der Waals surface area (Å²) in [5, 5.41) is 10.6. The van der Waals surface area contributed by atoms with Crippen molar-refractivity contribution < 1.29 is 80.2 Å². The van der Waals surface area contributed by atoms with Crippen molar-refractivity contribution in [1.82, 2.24) is 0 Å². The highest BCUT2D eigenvalue weighted by atomic mass is 31.2. The van der Waals surface area contributed by atoms with E-state index in [1.165, 1.54) is 167 Å². The minimum Gasteiger partial charge on any atom is -0.462 e. The molecule has 0 radical (unpaired) electrons. The van der Waals surface area contributed by atoms with Gasteiger partial charge >= 0.3 is 39.5 Å². The van der Waals surface area contributed by atoms with Gasteiger partial charge in [0.05, 0.1) is 26.4 Å². The summed E-state index contributed by atoms with van der Waals surface area (Å²) in [7, 11) is -9.91. The molecule has 0 aromatic carbocycles. The predicted octanol–water partition coefficient (Wildman–Crippen LogP) is 21.3. The van der Waals surface area contributed by atoms with Crippen molar-refractivity contribution in [3.8, 4) is 0 Å². The van der Waals surface area contributed by atoms with Gasteiger partial charge in [-0.05, 0) is 49.4 Å². The average molecular weight is 1370 g/mol. The zero-order valence-electron chi connectivity index (χ0n) is 60.9. The molecule has 0 aliphatic carbocycles. The number of carbonyl (C=O) groups excluding carboxylic acids is 4. The van der Waals surface area contributed by atoms with Gasteiger partial charge in [0, 0.05) is 25.7 Å². The van der Waals surface area contributed by atoms with Crippen LogP contribution in [0.2, 0.25) is 0 Å². The van der Waals surface area contributed by atoms with E-state index in [2.05, 4.69) is 55.4 Å². The Morgan fingerprint density at radius 2 is 0.516 bits per heavy atom. The fourth-order valence-electron chi connectivity index (χ4n) is 11.2. The van der Waals surface area contributed by atoms with Crippen LogP contribution in [0.5, 0.6) is 0 Å². The number of esters is 4. The molecule has 17 nitrogen and oxygen atoms in total. The maximum Gasteiger partial charge on any atom is 0.472 e. The highest BCUT2D eigenvalue weighted by Crippen LogP contribution is 2.45. The van der Waals surface area contributed by atoms with Gasteiger partial charge in [-0.1, -0.05) is 319 Å². The quantitative estimate of drug-likeness (QED) is 0.0222. The Morgan fingerprint density at radius 3 is 0.763 bits per heavy atom. The van der Waals surface area contributed by atoms with Crippen LogP contribution in [0.15, 0.2) is 0 Å². The number of hydrogen-bond donors (Lipinski definition) is 3. The monoisotopic (exact) mass is 1370 g/mol. The molecule has 0 spiro atoms. The lowest BCUT2D eigenvalue weighted by Gasteiger charge is -2.21. The topological polar surface area (TPSA) is 237 Å². The minimum absolute atomic E-state index is 0.106. The largest absolute Gasteiger partial charge is 0.472 e. The third-order valence-corrected chi connectivity index (χ3v) is 19.3. The number of aliphatic hydroxyl groups is 1. The molecule has 0 fully saturated rings. The zero-order chi connectivity index (χ0) is 68.9. The summed E-state index contributed by atoms with van der Waals surface area (Å²) in [4.78, 5) is 72.7. The van der Waals surface area contributed by atoms with Crippen LogP contribution in [0.25, 0.3) is 0 Å². The summed E-state index contributed by atoms with van der Waals surface area (Å²) in [6, 6.07) is 0. The molecule has 0 saturated carbocycles. The van der Waals surface area contributed by atoms with Crippen molar-refractivity contribution in [2.24, 2.45) is 23.7 Å². The fourth-order valence-corrected chi connectivity index (χ4v) is 12.7. The second-order valence-electron chi connectivity index (χ2n) is 28.4. The first kappa shape index (κ1) is 91.1. The van der Waals surface area contributed by atoms with E-state index in [4.69, 9.17) is 37.0 Å². The third kappa shape index (κ3) is 67.0. The number of unbranched alkanes of at least 4 members (excludes halogenated alkanes) is 36. The molecule has 3 unspecified atom stereocenters. The standard InChI is InChI=1S/C74H144O17P2/c1-9-67(8)53-45-37-32-33-39-47-55-72(77)85-61-70(91-74(79)56-48-40-30-22-18-13-11-10-12-16-20-26-34-42-50-64(2)3)63-89-93(82,83)87-59-68(75)58-86-92(80,81)88-62-69(60-84-71(76)54-46-38-29-25-24-28-36-44-52-66(6)7)90-73(78)57-49-41-31-23-19-15-14-17-21-27-35-43-51-65(4)5/h64-70,75H,9-63H2,1-8H3,(H,80,81)(H,82,83)/t67?,68-,69-,70-/m1/s1. The molecular formula is C74H144O17P2. The number of ether oxygens (including phenoxy) is 4. The predicted molar refractivity (Wildman–Crippen MR) is 377 cm³/mol. The summed E-state index contributed by atoms with van der Waals surface area (Å²) in [6.45, 7) is 14.1. The Bertz CT molecular complexity index is 1840. The van der Waals surface area contributed by atoms with Crippen molar-refractivity contribution in [3.63, 3.8) is 0 Å². The lowest BCUT2D eigenvalue weighted by atomic mass is 10.00. The molecular weight excluding hydrogens is 1220 g/mol. The third-order valence-electron chi connectivity index (χ3n) is 17.4. The Labute approximate surface area is 568 Å². The van der Waals surface area contributed by atoms with Crippen LogP contribution >= 0.6 is 15.6 Å². The van der Waals surface area contributed by atoms with E-state index in [1.807, 2.05) is 0 Å². The second-order valence-corrected chi connectivity index (χ2v) is 31.3. The molecule has 0 saturated heterocycles. The normalized spacial score (nSPS) is 14.5. The van der Waals surface area contributed by atoms with E-state index in [-0.39, 0.29) is 25.7 Å². The van der Waals surface area contributed by atoms with Gasteiger partial charge in [0.25, 0.3) is 0 Å². The lowest BCUT2D eigenvalue weighted by Crippen LogP contribution is -2.30. The Balaban J connectivity index is 5.24. The molecule has 0 heterocycles. The second kappa shape index (κ2) is 63.5. The molecule has 0 aliphatic heterocycles. The smallest absolute Gasteiger partial charge is 0.462 e. The van der Waals surface area contributed by atoms with E-state index in [9.17, 15) is 43.2 Å². The van der Waals surface area contributed by atoms with Gasteiger partial charge in [-0.3, -0.25) is 37.3 Å². The number of hydrogen-bond acceptors (Lipinski definition) is 15. The first-order valence-electron chi connectivity index (χ1n) is 38.2. The van der Waals surface area contributed by atoms with Crippen molar-refractivity contribution in [2.45, 2.75) is 388 Å². The first-order valence-corrected chi connectivity index (χ1v) is 41.2. The van der Waals surface area contributed by atoms with E-state index in [1.54, 1.807) is 0 Å². The maximum atomic E-state index is 13.0. The molecule has 0 aromatic heterocycles. The molecule has 0 aliphatic rings. The van der Waals surface area contributed by atoms with Crippen molar-refractivity contribution >= 4 is 39.5 Å². The first-order chi connectivity index (χ1) is 44.6. The summed E-state index contributed by atoms with van der Waals surface area (Å²) < 4.78 is 68.4. The highest BCUT2D eigenvalue weighted by molar-refractivity contribution is 7.47. The zero-order valence-corrected chi connectivity index (χ0v) is 62.7. The molecule has 0 amide bonds. The van der Waals surface area contributed by atoms with Gasteiger partial charge in [0.2, 0.25) is 0 Å². The van der Waals surface area contributed by atoms with Gasteiger partial charge < -0.3 is 33.8 Å². The van der Waals surface area contributed by atoms with Crippen LogP contribution in [-0.2, 0) is 65.4 Å². The van der Waals surface area contributed by atoms with E-state index in [0.717, 1.165) is 120 Å². The molecule has 0 aromatic rings. The molecule has 93 heavy (non-hydrogen) atoms. The Kier molecular flexibility index (Phi) is 62.2. The van der Waals surface area contributed by atoms with E-state index >= 15 is 0 Å². The Hall–Kier alpha value is -1.94. The summed E-state index contributed by atoms with van der Waals surface area (Å²) in [5.41, 5.74) is 0. The van der Waals surface area contributed by atoms with Gasteiger partial charge in [0.15, 0.2) is 12.2 Å². The number of phosphoric acid groups is 2. The van der Waals surface area contributed by atoms with E-state index < -0.39 is 97.5 Å². The highest BCUT2D eigenvalue weighted by Gasteiger charge is 2.30. The van der Waals surface area contributed by atoms with Crippen molar-refractivity contribution in [1.29, 1.82) is 0 Å². The number of rotatable bonds is 71. The number of aliphatic hydroxyl groups excluding tert-OH is 1. The molecule has 0 bridgehead atoms. The SMILES string of the molecule is CCC(C)CCCCCCCCC(=O)OC[C@H](COP(=O)(O)OC[C@H](O)COP(=O)(O)OC[C@@H](COC(=O)CCCCCCCCCCC(C)C)OC(=O)CCCCCCCCCCCCCCC(C)C)OC(=O)CCCCCCCCCCCCCCCCC(C)C. The summed E-state index contributed by atoms with van der Waals surface area (Å²) in [6.07, 6.45) is 47.2. The summed E-state index contributed by atoms with van der Waals surface area (Å²) in [5.74, 6) is 0.904. The minimum atomic E-state index is -4.96. The molecule has 552 valence electrons. The van der Waals surface area contributed by atoms with Crippen LogP contribution in [-0.4, -0.2) is 96.7 Å². The van der Waals surface area contributed by atoms with Gasteiger partial charge in [-0.25, -0.2) is 9.13 Å².